The van der Waals surface area contributed by atoms with Crippen molar-refractivity contribution in [3.05, 3.63) is 104 Å². The Morgan fingerprint density at radius 3 is 2.31 bits per heavy atom. The molecule has 1 aliphatic rings. The number of H-pyrrole nitrogens is 1. The molecule has 2 amide bonds. The van der Waals surface area contributed by atoms with E-state index in [0.717, 1.165) is 10.5 Å². The standard InChI is InChI=1S/C29H24Cl2N4O4/c1-4-6-23-24(28(37)35(32-23)19-10-13-21(30)22(31)15-19)25-26(33-14-5-7-17(2)16-33)29(38)34(27(25)36)18-8-11-20(39-3)12-9-18/h5,7-16H,4,6H2,1-3H3/p+1. The first-order valence-electron chi connectivity index (χ1n) is 12.3. The molecule has 1 N–H and O–H groups in total. The van der Waals surface area contributed by atoms with E-state index in [1.807, 2.05) is 19.9 Å². The Morgan fingerprint density at radius 2 is 1.67 bits per heavy atom. The number of amides is 2. The van der Waals surface area contributed by atoms with Gasteiger partial charge in [-0.05, 0) is 61.9 Å². The maximum absolute atomic E-state index is 14.1. The Morgan fingerprint density at radius 1 is 0.949 bits per heavy atom. The van der Waals surface area contributed by atoms with Crippen molar-refractivity contribution in [2.45, 2.75) is 26.7 Å². The number of hydrogen-bond donors (Lipinski definition) is 1. The molecule has 1 aliphatic heterocycles. The summed E-state index contributed by atoms with van der Waals surface area (Å²) in [5, 5.41) is 3.77. The molecule has 0 spiro atoms. The van der Waals surface area contributed by atoms with Crippen LogP contribution in [0, 0.1) is 6.92 Å². The van der Waals surface area contributed by atoms with Crippen LogP contribution in [0.1, 0.15) is 30.2 Å². The molecule has 0 saturated heterocycles. The molecular formula is C29H25Cl2N4O4+. The van der Waals surface area contributed by atoms with Gasteiger partial charge in [0.2, 0.25) is 0 Å². The molecule has 0 unspecified atom stereocenters. The van der Waals surface area contributed by atoms with Crippen molar-refractivity contribution in [2.24, 2.45) is 0 Å². The number of nitrogens with one attached hydrogen (secondary N) is 1. The number of imide groups is 1. The topological polar surface area (TPSA) is 88.3 Å². The second kappa shape index (κ2) is 10.6. The third-order valence-electron chi connectivity index (χ3n) is 6.47. The van der Waals surface area contributed by atoms with E-state index in [4.69, 9.17) is 27.9 Å². The SMILES string of the molecule is CCCc1[nH]n(-c2ccc(Cl)c(Cl)c2)c(=O)c1C1=C([n+]2cccc(C)c2)C(=O)N(c2ccc(OC)cc2)C1=O. The van der Waals surface area contributed by atoms with E-state index in [-0.39, 0.29) is 21.9 Å². The molecular weight excluding hydrogens is 539 g/mol. The summed E-state index contributed by atoms with van der Waals surface area (Å²) < 4.78 is 8.15. The summed E-state index contributed by atoms with van der Waals surface area (Å²) in [6.45, 7) is 3.85. The number of ether oxygens (including phenoxy) is 1. The first-order valence-corrected chi connectivity index (χ1v) is 13.1. The van der Waals surface area contributed by atoms with Crippen LogP contribution in [0.4, 0.5) is 5.69 Å². The number of halogens is 2. The third-order valence-corrected chi connectivity index (χ3v) is 7.21. The zero-order chi connectivity index (χ0) is 27.8. The van der Waals surface area contributed by atoms with Gasteiger partial charge in [-0.2, -0.15) is 4.57 Å². The number of carbonyl (C=O) groups is 2. The fourth-order valence-electron chi connectivity index (χ4n) is 4.66. The predicted octanol–water partition coefficient (Wildman–Crippen LogP) is 4.97. The summed E-state index contributed by atoms with van der Waals surface area (Å²) >= 11 is 12.3. The number of pyridine rings is 1. The first-order chi connectivity index (χ1) is 18.7. The highest BCUT2D eigenvalue weighted by Crippen LogP contribution is 2.34. The maximum atomic E-state index is 14.1. The van der Waals surface area contributed by atoms with Crippen LogP contribution < -0.4 is 19.8 Å². The highest BCUT2D eigenvalue weighted by atomic mass is 35.5. The molecule has 0 radical (unpaired) electrons. The van der Waals surface area contributed by atoms with Crippen molar-refractivity contribution < 1.29 is 18.9 Å². The highest BCUT2D eigenvalue weighted by molar-refractivity contribution is 6.53. The average Bonchev–Trinajstić information content (AvgIpc) is 3.37. The number of aryl methyl sites for hydroxylation is 2. The van der Waals surface area contributed by atoms with Gasteiger partial charge in [-0.1, -0.05) is 36.5 Å². The molecule has 0 saturated carbocycles. The monoisotopic (exact) mass is 563 g/mol. The number of methoxy groups -OCH3 is 1. The van der Waals surface area contributed by atoms with Crippen LogP contribution in [0.25, 0.3) is 17.0 Å². The Kier molecular flexibility index (Phi) is 7.16. The van der Waals surface area contributed by atoms with E-state index >= 15 is 0 Å². The van der Waals surface area contributed by atoms with Crippen LogP contribution in [0.3, 0.4) is 0 Å². The molecule has 8 nitrogen and oxygen atoms in total. The molecule has 10 heteroatoms. The lowest BCUT2D eigenvalue weighted by atomic mass is 10.0. The maximum Gasteiger partial charge on any atom is 0.331 e. The quantitative estimate of drug-likeness (QED) is 0.254. The van der Waals surface area contributed by atoms with Crippen molar-refractivity contribution in [3.63, 3.8) is 0 Å². The molecule has 5 rings (SSSR count). The summed E-state index contributed by atoms with van der Waals surface area (Å²) in [5.41, 5.74) is 2.01. The van der Waals surface area contributed by atoms with Gasteiger partial charge in [0.05, 0.1) is 34.1 Å². The zero-order valence-electron chi connectivity index (χ0n) is 21.5. The van der Waals surface area contributed by atoms with Crippen LogP contribution in [0.15, 0.2) is 71.8 Å². The van der Waals surface area contributed by atoms with E-state index in [0.29, 0.717) is 40.7 Å². The summed E-state index contributed by atoms with van der Waals surface area (Å²) in [6.07, 6.45) is 4.60. The summed E-state index contributed by atoms with van der Waals surface area (Å²) in [4.78, 5) is 43.1. The van der Waals surface area contributed by atoms with Gasteiger partial charge in [0.1, 0.15) is 11.3 Å². The minimum atomic E-state index is -0.594. The molecule has 0 fully saturated rings. The van der Waals surface area contributed by atoms with Gasteiger partial charge in [-0.15, -0.1) is 0 Å². The molecule has 0 atom stereocenters. The molecule has 198 valence electrons. The Hall–Kier alpha value is -4.14. The second-order valence-electron chi connectivity index (χ2n) is 9.11. The van der Waals surface area contributed by atoms with E-state index in [9.17, 15) is 14.4 Å². The summed E-state index contributed by atoms with van der Waals surface area (Å²) in [5.74, 6) is -0.552. The van der Waals surface area contributed by atoms with Gasteiger partial charge in [-0.3, -0.25) is 19.5 Å². The Balaban J connectivity index is 1.77. The minimum absolute atomic E-state index is 0.0231. The number of anilines is 1. The van der Waals surface area contributed by atoms with Gasteiger partial charge in [0.15, 0.2) is 12.4 Å². The van der Waals surface area contributed by atoms with Crippen molar-refractivity contribution in [1.82, 2.24) is 9.78 Å². The molecule has 2 aromatic heterocycles. The predicted molar refractivity (Wildman–Crippen MR) is 150 cm³/mol. The van der Waals surface area contributed by atoms with Gasteiger partial charge in [0, 0.05) is 17.3 Å². The van der Waals surface area contributed by atoms with Crippen molar-refractivity contribution in [3.8, 4) is 11.4 Å². The normalized spacial score (nSPS) is 13.5. The van der Waals surface area contributed by atoms with Crippen LogP contribution in [-0.4, -0.2) is 28.7 Å². The first kappa shape index (κ1) is 26.5. The van der Waals surface area contributed by atoms with E-state index in [1.165, 1.54) is 11.8 Å². The third kappa shape index (κ3) is 4.66. The number of rotatable bonds is 7. The van der Waals surface area contributed by atoms with Crippen LogP contribution in [0.2, 0.25) is 10.0 Å². The van der Waals surface area contributed by atoms with Crippen LogP contribution >= 0.6 is 23.2 Å². The Labute approximate surface area is 234 Å². The van der Waals surface area contributed by atoms with E-state index < -0.39 is 17.4 Å². The van der Waals surface area contributed by atoms with Gasteiger partial charge in [0.25, 0.3) is 17.2 Å². The van der Waals surface area contributed by atoms with Crippen molar-refractivity contribution in [1.29, 1.82) is 0 Å². The largest absolute Gasteiger partial charge is 0.497 e. The number of nitrogens with zero attached hydrogens (tertiary/aromatic N) is 3. The van der Waals surface area contributed by atoms with Gasteiger partial charge < -0.3 is 4.74 Å². The second-order valence-corrected chi connectivity index (χ2v) is 9.92. The smallest absolute Gasteiger partial charge is 0.331 e. The number of aromatic nitrogens is 3. The van der Waals surface area contributed by atoms with Gasteiger partial charge >= 0.3 is 5.91 Å². The fourth-order valence-corrected chi connectivity index (χ4v) is 4.95. The molecule has 4 aromatic rings. The minimum Gasteiger partial charge on any atom is -0.497 e. The number of hydrogen-bond acceptors (Lipinski definition) is 4. The lowest BCUT2D eigenvalue weighted by Gasteiger charge is -2.14. The van der Waals surface area contributed by atoms with E-state index in [1.54, 1.807) is 65.5 Å². The summed E-state index contributed by atoms with van der Waals surface area (Å²) in [6, 6.07) is 15.1. The van der Waals surface area contributed by atoms with Gasteiger partial charge in [-0.25, -0.2) is 9.58 Å². The fraction of sp³-hybridized carbons (Fsp3) is 0.172. The summed E-state index contributed by atoms with van der Waals surface area (Å²) in [7, 11) is 1.54. The van der Waals surface area contributed by atoms with E-state index in [2.05, 4.69) is 5.10 Å². The molecule has 2 aromatic carbocycles. The molecule has 0 bridgehead atoms. The van der Waals surface area contributed by atoms with Crippen molar-refractivity contribution >= 4 is 52.0 Å². The zero-order valence-corrected chi connectivity index (χ0v) is 23.0. The molecule has 3 heterocycles. The molecule has 0 aliphatic carbocycles. The number of benzene rings is 2. The molecule has 39 heavy (non-hydrogen) atoms. The Bertz CT molecular complexity index is 1700. The van der Waals surface area contributed by atoms with Crippen LogP contribution in [-0.2, 0) is 16.0 Å². The van der Waals surface area contributed by atoms with Crippen LogP contribution in [0.5, 0.6) is 5.75 Å². The lowest BCUT2D eigenvalue weighted by Crippen LogP contribution is -2.39. The average molecular weight is 564 g/mol. The number of carbonyl (C=O) groups excluding carboxylic acids is 2. The number of aromatic amines is 1. The lowest BCUT2D eigenvalue weighted by molar-refractivity contribution is -0.577. The van der Waals surface area contributed by atoms with Crippen molar-refractivity contribution in [2.75, 3.05) is 12.0 Å². The highest BCUT2D eigenvalue weighted by Gasteiger charge is 2.48.